The van der Waals surface area contributed by atoms with Crippen LogP contribution in [0.5, 0.6) is 11.5 Å². The first-order chi connectivity index (χ1) is 9.52. The molecule has 0 aromatic heterocycles. The van der Waals surface area contributed by atoms with Crippen LogP contribution in [0.2, 0.25) is 0 Å². The van der Waals surface area contributed by atoms with Gasteiger partial charge in [-0.2, -0.15) is 0 Å². The second kappa shape index (κ2) is 6.13. The van der Waals surface area contributed by atoms with Gasteiger partial charge in [-0.15, -0.1) is 0 Å². The zero-order valence-corrected chi connectivity index (χ0v) is 12.4. The van der Waals surface area contributed by atoms with Crippen LogP contribution in [0.15, 0.2) is 16.6 Å². The van der Waals surface area contributed by atoms with Gasteiger partial charge < -0.3 is 19.9 Å². The van der Waals surface area contributed by atoms with E-state index >= 15 is 0 Å². The summed E-state index contributed by atoms with van der Waals surface area (Å²) >= 11 is 3.31. The first kappa shape index (κ1) is 14.6. The first-order valence-electron chi connectivity index (χ1n) is 6.15. The molecule has 2 N–H and O–H groups in total. The SMILES string of the molecule is CCC(NC(=O)c1cc(Br)c2c(c1)OCCO2)C(=O)O. The van der Waals surface area contributed by atoms with Crippen molar-refractivity contribution in [2.45, 2.75) is 19.4 Å². The third-order valence-electron chi connectivity index (χ3n) is 2.87. The number of halogens is 1. The van der Waals surface area contributed by atoms with E-state index in [0.29, 0.717) is 41.2 Å². The van der Waals surface area contributed by atoms with Crippen molar-refractivity contribution in [2.24, 2.45) is 0 Å². The molecule has 1 aromatic carbocycles. The van der Waals surface area contributed by atoms with Gasteiger partial charge >= 0.3 is 5.97 Å². The summed E-state index contributed by atoms with van der Waals surface area (Å²) in [5.74, 6) is -0.494. The third-order valence-corrected chi connectivity index (χ3v) is 3.46. The van der Waals surface area contributed by atoms with Crippen molar-refractivity contribution in [3.05, 3.63) is 22.2 Å². The maximum Gasteiger partial charge on any atom is 0.326 e. The van der Waals surface area contributed by atoms with Gasteiger partial charge in [-0.25, -0.2) is 4.79 Å². The average Bonchev–Trinajstić information content (AvgIpc) is 2.44. The van der Waals surface area contributed by atoms with Crippen LogP contribution in [0.3, 0.4) is 0 Å². The second-order valence-corrected chi connectivity index (χ2v) is 5.11. The molecule has 6 nitrogen and oxygen atoms in total. The Morgan fingerprint density at radius 1 is 1.40 bits per heavy atom. The highest BCUT2D eigenvalue weighted by atomic mass is 79.9. The molecule has 0 spiro atoms. The van der Waals surface area contributed by atoms with Crippen LogP contribution in [0.1, 0.15) is 23.7 Å². The molecule has 0 saturated heterocycles. The lowest BCUT2D eigenvalue weighted by molar-refractivity contribution is -0.139. The summed E-state index contributed by atoms with van der Waals surface area (Å²) in [5, 5.41) is 11.4. The van der Waals surface area contributed by atoms with Gasteiger partial charge in [-0.1, -0.05) is 6.92 Å². The van der Waals surface area contributed by atoms with Crippen LogP contribution in [0.25, 0.3) is 0 Å². The van der Waals surface area contributed by atoms with E-state index in [0.717, 1.165) is 0 Å². The zero-order valence-electron chi connectivity index (χ0n) is 10.8. The highest BCUT2D eigenvalue weighted by Gasteiger charge is 2.22. The molecular weight excluding hydrogens is 330 g/mol. The van der Waals surface area contributed by atoms with E-state index < -0.39 is 17.9 Å². The van der Waals surface area contributed by atoms with E-state index in [1.165, 1.54) is 0 Å². The quantitative estimate of drug-likeness (QED) is 0.870. The predicted octanol–water partition coefficient (Wildman–Crippen LogP) is 1.81. The third kappa shape index (κ3) is 3.04. The van der Waals surface area contributed by atoms with E-state index in [-0.39, 0.29) is 0 Å². The van der Waals surface area contributed by atoms with Crippen LogP contribution in [0, 0.1) is 0 Å². The first-order valence-corrected chi connectivity index (χ1v) is 6.95. The van der Waals surface area contributed by atoms with Crippen LogP contribution in [-0.4, -0.2) is 36.2 Å². The van der Waals surface area contributed by atoms with Crippen molar-refractivity contribution in [2.75, 3.05) is 13.2 Å². The Hall–Kier alpha value is -1.76. The van der Waals surface area contributed by atoms with Crippen LogP contribution >= 0.6 is 15.9 Å². The molecule has 1 heterocycles. The Balaban J connectivity index is 2.22. The predicted molar refractivity (Wildman–Crippen MR) is 74.3 cm³/mol. The summed E-state index contributed by atoms with van der Waals surface area (Å²) in [4.78, 5) is 23.0. The Bertz CT molecular complexity index is 546. The molecule has 1 unspecified atom stereocenters. The average molecular weight is 344 g/mol. The minimum atomic E-state index is -1.06. The van der Waals surface area contributed by atoms with Crippen molar-refractivity contribution in [1.82, 2.24) is 5.32 Å². The fourth-order valence-electron chi connectivity index (χ4n) is 1.82. The number of fused-ring (bicyclic) bond motifs is 1. The number of aliphatic carboxylic acids is 1. The van der Waals surface area contributed by atoms with Gasteiger partial charge in [0.2, 0.25) is 0 Å². The molecule has 0 saturated carbocycles. The molecule has 1 aliphatic heterocycles. The second-order valence-electron chi connectivity index (χ2n) is 4.25. The number of amides is 1. The molecule has 0 aliphatic carbocycles. The number of carboxylic acid groups (broad SMARTS) is 1. The van der Waals surface area contributed by atoms with Crippen molar-refractivity contribution < 1.29 is 24.2 Å². The molecule has 1 amide bonds. The Labute approximate surface area is 124 Å². The van der Waals surface area contributed by atoms with E-state index in [9.17, 15) is 9.59 Å². The van der Waals surface area contributed by atoms with Crippen molar-refractivity contribution in [3.63, 3.8) is 0 Å². The van der Waals surface area contributed by atoms with Gasteiger partial charge in [-0.05, 0) is 34.5 Å². The molecule has 1 aliphatic rings. The van der Waals surface area contributed by atoms with E-state index in [4.69, 9.17) is 14.6 Å². The number of carboxylic acids is 1. The lowest BCUT2D eigenvalue weighted by Crippen LogP contribution is -2.40. The van der Waals surface area contributed by atoms with Gasteiger partial charge in [0.25, 0.3) is 5.91 Å². The molecule has 0 radical (unpaired) electrons. The summed E-state index contributed by atoms with van der Waals surface area (Å²) in [6.07, 6.45) is 0.312. The number of benzene rings is 1. The molecule has 2 rings (SSSR count). The molecule has 0 fully saturated rings. The number of nitrogens with one attached hydrogen (secondary N) is 1. The summed E-state index contributed by atoms with van der Waals surface area (Å²) < 4.78 is 11.5. The number of rotatable bonds is 4. The zero-order chi connectivity index (χ0) is 14.7. The number of hydrogen-bond acceptors (Lipinski definition) is 4. The lowest BCUT2D eigenvalue weighted by atomic mass is 10.1. The molecule has 7 heteroatoms. The maximum atomic E-state index is 12.1. The molecule has 108 valence electrons. The van der Waals surface area contributed by atoms with Crippen molar-refractivity contribution in [3.8, 4) is 11.5 Å². The molecule has 1 atom stereocenters. The Morgan fingerprint density at radius 2 is 2.10 bits per heavy atom. The van der Waals surface area contributed by atoms with Gasteiger partial charge in [0.15, 0.2) is 11.5 Å². The number of carbonyl (C=O) groups excluding carboxylic acids is 1. The van der Waals surface area contributed by atoms with Crippen molar-refractivity contribution >= 4 is 27.8 Å². The minimum absolute atomic E-state index is 0.312. The van der Waals surface area contributed by atoms with Crippen LogP contribution in [0.4, 0.5) is 0 Å². The van der Waals surface area contributed by atoms with Gasteiger partial charge in [0, 0.05) is 5.56 Å². The van der Waals surface area contributed by atoms with Gasteiger partial charge in [0.1, 0.15) is 19.3 Å². The van der Waals surface area contributed by atoms with E-state index in [1.54, 1.807) is 19.1 Å². The Morgan fingerprint density at radius 3 is 2.75 bits per heavy atom. The molecule has 20 heavy (non-hydrogen) atoms. The fraction of sp³-hybridized carbons (Fsp3) is 0.385. The Kier molecular flexibility index (Phi) is 4.49. The number of ether oxygens (including phenoxy) is 2. The van der Waals surface area contributed by atoms with Gasteiger partial charge in [-0.3, -0.25) is 4.79 Å². The fourth-order valence-corrected chi connectivity index (χ4v) is 2.38. The summed E-state index contributed by atoms with van der Waals surface area (Å²) in [6, 6.07) is 2.22. The van der Waals surface area contributed by atoms with Crippen LogP contribution < -0.4 is 14.8 Å². The molecular formula is C13H14BrNO5. The smallest absolute Gasteiger partial charge is 0.326 e. The summed E-state index contributed by atoms with van der Waals surface area (Å²) in [6.45, 7) is 2.56. The summed E-state index contributed by atoms with van der Waals surface area (Å²) in [7, 11) is 0. The maximum absolute atomic E-state index is 12.1. The molecule has 1 aromatic rings. The monoisotopic (exact) mass is 343 g/mol. The number of carbonyl (C=O) groups is 2. The lowest BCUT2D eigenvalue weighted by Gasteiger charge is -2.20. The highest BCUT2D eigenvalue weighted by molar-refractivity contribution is 9.10. The standard InChI is InChI=1S/C13H14BrNO5/c1-2-9(13(17)18)15-12(16)7-5-8(14)11-10(6-7)19-3-4-20-11/h5-6,9H,2-4H2,1H3,(H,15,16)(H,17,18). The summed E-state index contributed by atoms with van der Waals surface area (Å²) in [5.41, 5.74) is 0.320. The number of hydrogen-bond donors (Lipinski definition) is 2. The van der Waals surface area contributed by atoms with Crippen molar-refractivity contribution in [1.29, 1.82) is 0 Å². The minimum Gasteiger partial charge on any atom is -0.486 e. The topological polar surface area (TPSA) is 84.9 Å². The van der Waals surface area contributed by atoms with E-state index in [1.807, 2.05) is 0 Å². The van der Waals surface area contributed by atoms with E-state index in [2.05, 4.69) is 21.2 Å². The highest BCUT2D eigenvalue weighted by Crippen LogP contribution is 2.38. The largest absolute Gasteiger partial charge is 0.486 e. The normalized spacial score (nSPS) is 14.5. The van der Waals surface area contributed by atoms with Crippen LogP contribution in [-0.2, 0) is 4.79 Å². The van der Waals surface area contributed by atoms with Gasteiger partial charge in [0.05, 0.1) is 4.47 Å². The molecule has 0 bridgehead atoms.